The second-order valence-corrected chi connectivity index (χ2v) is 10.8. The maximum atomic E-state index is 13.5. The number of para-hydroxylation sites is 1. The summed E-state index contributed by atoms with van der Waals surface area (Å²) >= 11 is 0. The fourth-order valence-corrected chi connectivity index (χ4v) is 5.31. The number of methoxy groups -OCH3 is 1. The molecule has 11 heteroatoms. The highest BCUT2D eigenvalue weighted by molar-refractivity contribution is 5.99. The van der Waals surface area contributed by atoms with Crippen LogP contribution in [0.5, 0.6) is 5.75 Å². The van der Waals surface area contributed by atoms with Crippen LogP contribution in [-0.2, 0) is 14.3 Å². The highest BCUT2D eigenvalue weighted by Crippen LogP contribution is 2.47. The van der Waals surface area contributed by atoms with Gasteiger partial charge in [-0.1, -0.05) is 32.0 Å². The zero-order chi connectivity index (χ0) is 27.1. The van der Waals surface area contributed by atoms with Crippen molar-refractivity contribution in [2.24, 2.45) is 28.5 Å². The first kappa shape index (κ1) is 27.2. The third kappa shape index (κ3) is 5.56. The second kappa shape index (κ2) is 10.2. The summed E-state index contributed by atoms with van der Waals surface area (Å²) in [4.78, 5) is 32.6. The van der Waals surface area contributed by atoms with Crippen molar-refractivity contribution in [3.63, 3.8) is 0 Å². The van der Waals surface area contributed by atoms with Gasteiger partial charge in [-0.3, -0.25) is 14.5 Å². The number of aliphatic imine (C=N–C) groups is 1. The van der Waals surface area contributed by atoms with E-state index in [1.54, 1.807) is 25.3 Å². The summed E-state index contributed by atoms with van der Waals surface area (Å²) in [5.74, 6) is -0.806. The predicted molar refractivity (Wildman–Crippen MR) is 131 cm³/mol. The minimum Gasteiger partial charge on any atom is -0.480 e. The van der Waals surface area contributed by atoms with E-state index in [9.17, 15) is 22.8 Å². The van der Waals surface area contributed by atoms with Gasteiger partial charge in [0.05, 0.1) is 18.0 Å². The van der Waals surface area contributed by atoms with E-state index in [1.807, 2.05) is 20.8 Å². The molecule has 0 bridgehead atoms. The summed E-state index contributed by atoms with van der Waals surface area (Å²) in [6, 6.07) is 5.20. The Balaban J connectivity index is 1.51. The number of ether oxygens (including phenoxy) is 2. The molecule has 1 fully saturated rings. The third-order valence-corrected chi connectivity index (χ3v) is 7.95. The van der Waals surface area contributed by atoms with Crippen molar-refractivity contribution in [1.82, 2.24) is 10.2 Å². The smallest absolute Gasteiger partial charge is 0.425 e. The topological polar surface area (TPSA) is 106 Å². The van der Waals surface area contributed by atoms with Crippen LogP contribution in [0.1, 0.15) is 58.1 Å². The number of halogens is 3. The lowest BCUT2D eigenvalue weighted by Gasteiger charge is -2.41. The normalized spacial score (nSPS) is 30.3. The maximum absolute atomic E-state index is 13.5. The number of carbonyl (C=O) groups excluding carboxylic acids is 2. The molecule has 0 saturated heterocycles. The molecular weight excluding hydrogens is 489 g/mol. The zero-order valence-electron chi connectivity index (χ0n) is 21.5. The van der Waals surface area contributed by atoms with Crippen LogP contribution in [0.2, 0.25) is 0 Å². The Hall–Kier alpha value is -2.82. The van der Waals surface area contributed by atoms with Gasteiger partial charge in [-0.25, -0.2) is 4.99 Å². The largest absolute Gasteiger partial charge is 0.480 e. The number of hydrogen-bond acceptors (Lipinski definition) is 6. The highest BCUT2D eigenvalue weighted by Gasteiger charge is 2.53. The van der Waals surface area contributed by atoms with Gasteiger partial charge in [0.2, 0.25) is 11.8 Å². The van der Waals surface area contributed by atoms with Gasteiger partial charge < -0.3 is 20.5 Å². The van der Waals surface area contributed by atoms with E-state index in [2.05, 4.69) is 10.3 Å². The molecule has 4 rings (SSSR count). The lowest BCUT2D eigenvalue weighted by molar-refractivity contribution is -0.201. The first-order valence-corrected chi connectivity index (χ1v) is 12.6. The van der Waals surface area contributed by atoms with Crippen molar-refractivity contribution in [2.45, 2.75) is 76.4 Å². The van der Waals surface area contributed by atoms with E-state index >= 15 is 0 Å². The van der Waals surface area contributed by atoms with Crippen molar-refractivity contribution in [3.8, 4) is 5.75 Å². The molecule has 3 aliphatic rings. The summed E-state index contributed by atoms with van der Waals surface area (Å²) in [7, 11) is 1.55. The third-order valence-electron chi connectivity index (χ3n) is 7.95. The average molecular weight is 525 g/mol. The van der Waals surface area contributed by atoms with Gasteiger partial charge in [-0.2, -0.15) is 13.2 Å². The molecule has 1 aromatic rings. The molecule has 204 valence electrons. The van der Waals surface area contributed by atoms with E-state index in [4.69, 9.17) is 15.2 Å². The number of fused-ring (bicyclic) bond motifs is 1. The first-order valence-electron chi connectivity index (χ1n) is 12.6. The first-order chi connectivity index (χ1) is 17.4. The number of amides is 2. The minimum atomic E-state index is -4.56. The van der Waals surface area contributed by atoms with Crippen molar-refractivity contribution in [2.75, 3.05) is 13.7 Å². The van der Waals surface area contributed by atoms with Gasteiger partial charge in [-0.15, -0.1) is 0 Å². The van der Waals surface area contributed by atoms with Crippen LogP contribution in [-0.4, -0.2) is 60.3 Å². The molecule has 1 aliphatic carbocycles. The van der Waals surface area contributed by atoms with Gasteiger partial charge in [0.25, 0.3) is 0 Å². The Bertz CT molecular complexity index is 1060. The van der Waals surface area contributed by atoms with Crippen molar-refractivity contribution in [1.29, 1.82) is 0 Å². The number of nitrogens with two attached hydrogens (primary N) is 1. The molecule has 2 aliphatic heterocycles. The molecule has 0 radical (unpaired) electrons. The van der Waals surface area contributed by atoms with Crippen molar-refractivity contribution < 1.29 is 32.2 Å². The maximum Gasteiger partial charge on any atom is 0.425 e. The quantitative estimate of drug-likeness (QED) is 0.541. The Labute approximate surface area is 214 Å². The predicted octanol–water partition coefficient (Wildman–Crippen LogP) is 3.56. The Morgan fingerprint density at radius 1 is 1.32 bits per heavy atom. The van der Waals surface area contributed by atoms with Crippen LogP contribution < -0.4 is 15.8 Å². The fourth-order valence-electron chi connectivity index (χ4n) is 5.31. The van der Waals surface area contributed by atoms with Gasteiger partial charge in [-0.05, 0) is 37.7 Å². The standard InChI is InChI=1S/C26H35F3N4O4/c1-14(2)25(3)13-22(34)33(24(30)32-25)19(9-10-36-4)16-11-17(16)23(35)31-18-12-21(26(27,28)29)37-20-8-6-5-7-15(18)20/h5-8,14,16-19,21H,9-13H2,1-4H3,(H2,30,32)(H,31,35)/t16?,17?,18-,19+,21-,25-/m0/s1. The average Bonchev–Trinajstić information content (AvgIpc) is 3.61. The van der Waals surface area contributed by atoms with E-state index in [0.29, 0.717) is 25.0 Å². The molecular formula is C26H35F3N4O4. The Morgan fingerprint density at radius 3 is 2.65 bits per heavy atom. The minimum absolute atomic E-state index is 0.108. The molecule has 2 unspecified atom stereocenters. The summed E-state index contributed by atoms with van der Waals surface area (Å²) in [5, 5.41) is 2.82. The number of carbonyl (C=O) groups is 2. The summed E-state index contributed by atoms with van der Waals surface area (Å²) in [6.07, 6.45) is -5.81. The zero-order valence-corrected chi connectivity index (χ0v) is 21.5. The monoisotopic (exact) mass is 524 g/mol. The number of alkyl halides is 3. The summed E-state index contributed by atoms with van der Waals surface area (Å²) in [5.41, 5.74) is 6.21. The lowest BCUT2D eigenvalue weighted by Crippen LogP contribution is -2.57. The van der Waals surface area contributed by atoms with Crippen LogP contribution in [0.25, 0.3) is 0 Å². The molecule has 2 heterocycles. The molecule has 8 nitrogen and oxygen atoms in total. The van der Waals surface area contributed by atoms with Crippen LogP contribution in [0.3, 0.4) is 0 Å². The molecule has 0 aromatic heterocycles. The molecule has 1 aromatic carbocycles. The Morgan fingerprint density at radius 2 is 2.03 bits per heavy atom. The van der Waals surface area contributed by atoms with E-state index in [0.717, 1.165) is 0 Å². The van der Waals surface area contributed by atoms with Gasteiger partial charge in [0.15, 0.2) is 12.1 Å². The number of rotatable bonds is 8. The van der Waals surface area contributed by atoms with Crippen molar-refractivity contribution in [3.05, 3.63) is 29.8 Å². The van der Waals surface area contributed by atoms with E-state index < -0.39 is 42.2 Å². The van der Waals surface area contributed by atoms with Gasteiger partial charge in [0.1, 0.15) is 5.75 Å². The van der Waals surface area contributed by atoms with Gasteiger partial charge >= 0.3 is 6.18 Å². The number of guanidine groups is 1. The Kier molecular flexibility index (Phi) is 7.47. The van der Waals surface area contributed by atoms with Crippen molar-refractivity contribution >= 4 is 17.8 Å². The molecule has 37 heavy (non-hydrogen) atoms. The van der Waals surface area contributed by atoms with Crippen LogP contribution in [0.4, 0.5) is 13.2 Å². The molecule has 3 N–H and O–H groups in total. The lowest BCUT2D eigenvalue weighted by atomic mass is 9.84. The molecule has 6 atom stereocenters. The number of nitrogens with zero attached hydrogens (tertiary/aromatic N) is 2. The van der Waals surface area contributed by atoms with Gasteiger partial charge in [0, 0.05) is 37.7 Å². The summed E-state index contributed by atoms with van der Waals surface area (Å²) in [6.45, 7) is 6.23. The van der Waals surface area contributed by atoms with Crippen LogP contribution in [0, 0.1) is 17.8 Å². The summed E-state index contributed by atoms with van der Waals surface area (Å²) < 4.78 is 50.8. The van der Waals surface area contributed by atoms with E-state index in [1.165, 1.54) is 11.0 Å². The molecule has 2 amide bonds. The van der Waals surface area contributed by atoms with E-state index in [-0.39, 0.29) is 41.8 Å². The second-order valence-electron chi connectivity index (χ2n) is 10.8. The number of hydrogen-bond donors (Lipinski definition) is 2. The SMILES string of the molecule is COCC[C@H](C1CC1C(=O)N[C@H]1C[C@@H](C(F)(F)F)Oc2ccccc21)N1C(=O)C[C@@](C)(C(C)C)N=C1N. The number of nitrogens with one attached hydrogen (secondary N) is 1. The molecule has 0 spiro atoms. The van der Waals surface area contributed by atoms with Crippen LogP contribution >= 0.6 is 0 Å². The van der Waals surface area contributed by atoms with Crippen LogP contribution in [0.15, 0.2) is 29.3 Å². The fraction of sp³-hybridized carbons (Fsp3) is 0.654. The number of benzene rings is 1. The molecule has 1 saturated carbocycles. The highest BCUT2D eigenvalue weighted by atomic mass is 19.4.